The molecule has 90 valence electrons. The third-order valence-electron chi connectivity index (χ3n) is 1.80. The van der Waals surface area contributed by atoms with Gasteiger partial charge in [0.1, 0.15) is 0 Å². The Balaban J connectivity index is 2.38. The molecule has 1 N–H and O–H groups in total. The number of carboxylic acids is 1. The van der Waals surface area contributed by atoms with Crippen molar-refractivity contribution >= 4 is 48.2 Å². The normalized spacial score (nSPS) is 11.7. The zero-order valence-corrected chi connectivity index (χ0v) is 12.2. The number of alkyl halides is 3. The van der Waals surface area contributed by atoms with Crippen molar-refractivity contribution in [3.63, 3.8) is 0 Å². The van der Waals surface area contributed by atoms with E-state index in [2.05, 4.69) is 15.9 Å². The molecule has 0 fully saturated rings. The van der Waals surface area contributed by atoms with Crippen LogP contribution in [0.3, 0.4) is 0 Å². The van der Waals surface area contributed by atoms with Gasteiger partial charge in [0, 0.05) is 0 Å². The van der Waals surface area contributed by atoms with Gasteiger partial charge >= 0.3 is 111 Å². The number of hydrogen-bond acceptors (Lipinski definition) is 2. The van der Waals surface area contributed by atoms with Gasteiger partial charge in [-0.2, -0.15) is 0 Å². The molecule has 16 heavy (non-hydrogen) atoms. The summed E-state index contributed by atoms with van der Waals surface area (Å²) >= 11 is 2.70. The standard InChI is InChI=1S/C9H9BrF2O2SSe/c10-9(11,12)16-5-1-2-6-3-4-15-7(6)8(13)14/h3-4H,1-2,5H2,(H,13,14). The molecule has 7 heteroatoms. The first-order valence-corrected chi connectivity index (χ1v) is 8.14. The summed E-state index contributed by atoms with van der Waals surface area (Å²) in [5.74, 6) is -0.943. The molecule has 0 aromatic carbocycles. The summed E-state index contributed by atoms with van der Waals surface area (Å²) in [4.78, 5) is 11.1. The molecule has 0 aliphatic heterocycles. The van der Waals surface area contributed by atoms with E-state index in [4.69, 9.17) is 5.11 Å². The van der Waals surface area contributed by atoms with Gasteiger partial charge in [0.05, 0.1) is 0 Å². The fraction of sp³-hybridized carbons (Fsp3) is 0.444. The summed E-state index contributed by atoms with van der Waals surface area (Å²) in [6, 6.07) is 1.74. The fourth-order valence-corrected chi connectivity index (χ4v) is 3.89. The van der Waals surface area contributed by atoms with E-state index < -0.39 is 24.7 Å². The molecule has 0 aliphatic carbocycles. The number of thiophene rings is 1. The Labute approximate surface area is 110 Å². The number of carbonyl (C=O) groups is 1. The third kappa shape index (κ3) is 4.91. The van der Waals surface area contributed by atoms with Crippen molar-refractivity contribution in [3.05, 3.63) is 21.9 Å². The molecule has 0 aliphatic rings. The van der Waals surface area contributed by atoms with E-state index in [-0.39, 0.29) is 0 Å². The zero-order chi connectivity index (χ0) is 12.2. The summed E-state index contributed by atoms with van der Waals surface area (Å²) in [6.45, 7) is 0. The molecule has 1 rings (SSSR count). The second-order valence-corrected chi connectivity index (χ2v) is 8.61. The number of rotatable bonds is 6. The summed E-state index contributed by atoms with van der Waals surface area (Å²) in [5, 5.41) is 11.0. The van der Waals surface area contributed by atoms with Gasteiger partial charge in [-0.25, -0.2) is 0 Å². The maximum atomic E-state index is 12.4. The van der Waals surface area contributed by atoms with Crippen LogP contribution >= 0.6 is 27.3 Å². The monoisotopic (exact) mass is 378 g/mol. The van der Waals surface area contributed by atoms with E-state index in [1.54, 1.807) is 11.4 Å². The Bertz CT molecular complexity index is 365. The van der Waals surface area contributed by atoms with Crippen molar-refractivity contribution < 1.29 is 18.7 Å². The van der Waals surface area contributed by atoms with Crippen molar-refractivity contribution in [2.45, 2.75) is 21.9 Å². The molecule has 2 nitrogen and oxygen atoms in total. The molecule has 0 amide bonds. The van der Waals surface area contributed by atoms with Crippen LogP contribution in [-0.4, -0.2) is 29.8 Å². The fourth-order valence-electron chi connectivity index (χ4n) is 1.17. The quantitative estimate of drug-likeness (QED) is 0.468. The minimum absolute atomic E-state index is 0.318. The Morgan fingerprint density at radius 1 is 1.62 bits per heavy atom. The first kappa shape index (κ1) is 14.1. The van der Waals surface area contributed by atoms with Crippen LogP contribution in [0.1, 0.15) is 21.7 Å². The van der Waals surface area contributed by atoms with Gasteiger partial charge in [-0.3, -0.25) is 0 Å². The molecule has 0 bridgehead atoms. The predicted molar refractivity (Wildman–Crippen MR) is 64.0 cm³/mol. The average molecular weight is 378 g/mol. The molecule has 1 aromatic rings. The second-order valence-electron chi connectivity index (χ2n) is 2.98. The number of hydrogen-bond donors (Lipinski definition) is 1. The van der Waals surface area contributed by atoms with E-state index in [9.17, 15) is 13.6 Å². The van der Waals surface area contributed by atoms with E-state index in [1.807, 2.05) is 0 Å². The van der Waals surface area contributed by atoms with Crippen LogP contribution in [0.25, 0.3) is 0 Å². The first-order valence-electron chi connectivity index (χ1n) is 4.40. The molecule has 1 heterocycles. The van der Waals surface area contributed by atoms with E-state index >= 15 is 0 Å². The zero-order valence-electron chi connectivity index (χ0n) is 8.08. The molecule has 0 radical (unpaired) electrons. The summed E-state index contributed by atoms with van der Waals surface area (Å²) in [6.07, 6.45) is 1.15. The van der Waals surface area contributed by atoms with Crippen molar-refractivity contribution in [1.29, 1.82) is 0 Å². The number of aryl methyl sites for hydroxylation is 1. The second kappa shape index (κ2) is 6.10. The molecule has 1 aromatic heterocycles. The van der Waals surface area contributed by atoms with E-state index in [0.29, 0.717) is 23.0 Å². The topological polar surface area (TPSA) is 37.3 Å². The van der Waals surface area contributed by atoms with Crippen LogP contribution in [0.4, 0.5) is 8.78 Å². The van der Waals surface area contributed by atoms with Crippen LogP contribution in [0.15, 0.2) is 11.4 Å². The van der Waals surface area contributed by atoms with Gasteiger partial charge in [0.15, 0.2) is 0 Å². The van der Waals surface area contributed by atoms with E-state index in [0.717, 1.165) is 5.56 Å². The van der Waals surface area contributed by atoms with Crippen LogP contribution in [0.2, 0.25) is 5.32 Å². The summed E-state index contributed by atoms with van der Waals surface area (Å²) in [7, 11) is 0. The van der Waals surface area contributed by atoms with Crippen molar-refractivity contribution in [1.82, 2.24) is 0 Å². The van der Waals surface area contributed by atoms with Crippen LogP contribution < -0.4 is 0 Å². The van der Waals surface area contributed by atoms with Crippen molar-refractivity contribution in [3.8, 4) is 0 Å². The Kier molecular flexibility index (Phi) is 5.37. The third-order valence-corrected chi connectivity index (χ3v) is 5.65. The summed E-state index contributed by atoms with van der Waals surface area (Å²) < 4.78 is 22.2. The maximum absolute atomic E-state index is 12.4. The van der Waals surface area contributed by atoms with Gasteiger partial charge in [-0.05, 0) is 0 Å². The van der Waals surface area contributed by atoms with Gasteiger partial charge in [-0.15, -0.1) is 0 Å². The molecule has 0 atom stereocenters. The van der Waals surface area contributed by atoms with Crippen molar-refractivity contribution in [2.24, 2.45) is 0 Å². The molecular weight excluding hydrogens is 369 g/mol. The first-order chi connectivity index (χ1) is 7.40. The molecule has 0 spiro atoms. The van der Waals surface area contributed by atoms with Crippen LogP contribution in [0.5, 0.6) is 0 Å². The number of aromatic carboxylic acids is 1. The predicted octanol–water partition coefficient (Wildman–Crippen LogP) is 3.45. The van der Waals surface area contributed by atoms with Gasteiger partial charge in [-0.1, -0.05) is 0 Å². The molecule has 0 saturated carbocycles. The molecular formula is C9H9BrF2O2SSe. The van der Waals surface area contributed by atoms with Gasteiger partial charge in [0.2, 0.25) is 0 Å². The minimum atomic E-state index is -2.75. The molecule has 0 unspecified atom stereocenters. The average Bonchev–Trinajstić information content (AvgIpc) is 2.58. The van der Waals surface area contributed by atoms with E-state index in [1.165, 1.54) is 11.3 Å². The SMILES string of the molecule is O=C(O)c1sccc1CCC[Se]C(F)(F)Br. The van der Waals surface area contributed by atoms with Gasteiger partial charge in [0.25, 0.3) is 0 Å². The Hall–Kier alpha value is 0.0295. The number of halogens is 3. The Morgan fingerprint density at radius 3 is 2.88 bits per heavy atom. The summed E-state index contributed by atoms with van der Waals surface area (Å²) in [5.41, 5.74) is 0.742. The van der Waals surface area contributed by atoms with Crippen LogP contribution in [0, 0.1) is 0 Å². The number of carboxylic acid groups (broad SMARTS) is 1. The van der Waals surface area contributed by atoms with Gasteiger partial charge < -0.3 is 0 Å². The van der Waals surface area contributed by atoms with Crippen LogP contribution in [-0.2, 0) is 6.42 Å². The Morgan fingerprint density at radius 2 is 2.31 bits per heavy atom. The molecule has 0 saturated heterocycles. The van der Waals surface area contributed by atoms with Crippen molar-refractivity contribution in [2.75, 3.05) is 0 Å².